The van der Waals surface area contributed by atoms with Crippen molar-refractivity contribution < 1.29 is 40.6 Å². The first-order chi connectivity index (χ1) is 7.50. The van der Waals surface area contributed by atoms with Crippen LogP contribution in [-0.2, 0) is 4.74 Å². The molecule has 1 saturated heterocycles. The minimum absolute atomic E-state index is 0.491. The Bertz CT molecular complexity index is 276. The van der Waals surface area contributed by atoms with Crippen molar-refractivity contribution in [2.24, 2.45) is 5.92 Å². The van der Waals surface area contributed by atoms with Crippen LogP contribution < -0.4 is 0 Å². The average Bonchev–Trinajstić information content (AvgIpc) is 2.15. The fourth-order valence-corrected chi connectivity index (χ4v) is 1.55. The van der Waals surface area contributed by atoms with Crippen molar-refractivity contribution in [3.05, 3.63) is 0 Å². The fourth-order valence-electron chi connectivity index (χ4n) is 1.55. The molecule has 1 N–H and O–H groups in total. The number of hydrogen-bond acceptors (Lipinski definition) is 2. The Kier molecular flexibility index (Phi) is 3.64. The predicted octanol–water partition coefficient (Wildman–Crippen LogP) is 2.56. The molecular weight excluding hydrogens is 261 g/mol. The Balaban J connectivity index is 2.93. The number of aliphatic hydroxyl groups is 1. The molecule has 1 aliphatic heterocycles. The molecule has 0 bridgehead atoms. The lowest BCUT2D eigenvalue weighted by molar-refractivity contribution is -0.372. The lowest BCUT2D eigenvalue weighted by Crippen LogP contribution is -2.57. The van der Waals surface area contributed by atoms with Crippen LogP contribution in [0.2, 0.25) is 0 Å². The Morgan fingerprint density at radius 1 is 1.00 bits per heavy atom. The van der Waals surface area contributed by atoms with E-state index in [2.05, 4.69) is 4.74 Å². The maximum atomic E-state index is 13.1. The van der Waals surface area contributed by atoms with Gasteiger partial charge in [0.25, 0.3) is 0 Å². The predicted molar refractivity (Wildman–Crippen MR) is 40.6 cm³/mol. The highest BCUT2D eigenvalue weighted by Crippen LogP contribution is 2.52. The van der Waals surface area contributed by atoms with Gasteiger partial charge in [-0.15, -0.1) is 0 Å². The van der Waals surface area contributed by atoms with Gasteiger partial charge in [0.15, 0.2) is 6.29 Å². The van der Waals surface area contributed by atoms with Crippen molar-refractivity contribution >= 4 is 0 Å². The molecule has 1 rings (SSSR count). The van der Waals surface area contributed by atoms with Gasteiger partial charge >= 0.3 is 18.0 Å². The summed E-state index contributed by atoms with van der Waals surface area (Å²) in [5.41, 5.74) is 0. The lowest BCUT2D eigenvalue weighted by atomic mass is 9.88. The molecule has 0 radical (unpaired) electrons. The molecule has 2 unspecified atom stereocenters. The van der Waals surface area contributed by atoms with Gasteiger partial charge in [0.1, 0.15) is 0 Å². The van der Waals surface area contributed by atoms with E-state index < -0.39 is 49.7 Å². The van der Waals surface area contributed by atoms with Crippen LogP contribution in [0.3, 0.4) is 0 Å². The fraction of sp³-hybridized carbons (Fsp3) is 1.00. The molecule has 0 aromatic heterocycles. The molecule has 2 atom stereocenters. The van der Waals surface area contributed by atoms with E-state index >= 15 is 0 Å². The summed E-state index contributed by atoms with van der Waals surface area (Å²) < 4.78 is 91.5. The zero-order chi connectivity index (χ0) is 13.5. The van der Waals surface area contributed by atoms with Gasteiger partial charge in [-0.2, -0.15) is 30.7 Å². The molecule has 0 aromatic rings. The maximum absolute atomic E-state index is 13.1. The molecule has 1 fully saturated rings. The Morgan fingerprint density at radius 2 is 1.53 bits per heavy atom. The Morgan fingerprint density at radius 3 is 1.94 bits per heavy atom. The molecule has 9 heteroatoms. The molecule has 0 saturated carbocycles. The summed E-state index contributed by atoms with van der Waals surface area (Å²) in [6.45, 7) is -0.491. The molecule has 0 spiro atoms. The quantitative estimate of drug-likeness (QED) is 0.781. The second kappa shape index (κ2) is 4.27. The molecule has 102 valence electrons. The van der Waals surface area contributed by atoms with E-state index in [-0.39, 0.29) is 0 Å². The van der Waals surface area contributed by atoms with Crippen molar-refractivity contribution in [3.63, 3.8) is 0 Å². The van der Waals surface area contributed by atoms with Crippen molar-refractivity contribution in [1.82, 2.24) is 0 Å². The topological polar surface area (TPSA) is 29.5 Å². The number of ether oxygens (including phenoxy) is 1. The average molecular weight is 270 g/mol. The molecular formula is C8H9F7O2. The van der Waals surface area contributed by atoms with Gasteiger partial charge in [-0.3, -0.25) is 0 Å². The molecule has 17 heavy (non-hydrogen) atoms. The zero-order valence-electron chi connectivity index (χ0n) is 8.28. The first-order valence-electron chi connectivity index (χ1n) is 4.62. The highest BCUT2D eigenvalue weighted by Gasteiger charge is 2.75. The van der Waals surface area contributed by atoms with E-state index in [0.717, 1.165) is 0 Å². The highest BCUT2D eigenvalue weighted by molar-refractivity contribution is 4.96. The third-order valence-corrected chi connectivity index (χ3v) is 2.55. The number of aliphatic hydroxyl groups excluding tert-OH is 1. The van der Waals surface area contributed by atoms with Crippen LogP contribution in [-0.4, -0.2) is 36.0 Å². The van der Waals surface area contributed by atoms with Crippen LogP contribution in [0.25, 0.3) is 0 Å². The monoisotopic (exact) mass is 270 g/mol. The van der Waals surface area contributed by atoms with E-state index in [1.807, 2.05) is 0 Å². The van der Waals surface area contributed by atoms with Crippen LogP contribution in [0.5, 0.6) is 0 Å². The number of hydrogen-bond donors (Lipinski definition) is 1. The standard InChI is InChI=1S/C8H9F7O2/c9-6(10,7(11,12)8(13,14)15)4-1-2-17-5(16)3-4/h4-5,16H,1-3H2. The van der Waals surface area contributed by atoms with Crippen LogP contribution >= 0.6 is 0 Å². The Hall–Kier alpha value is -0.570. The molecule has 0 amide bonds. The summed E-state index contributed by atoms with van der Waals surface area (Å²) in [4.78, 5) is 0. The van der Waals surface area contributed by atoms with E-state index in [1.165, 1.54) is 0 Å². The summed E-state index contributed by atoms with van der Waals surface area (Å²) in [6.07, 6.45) is -9.71. The van der Waals surface area contributed by atoms with E-state index in [0.29, 0.717) is 0 Å². The third-order valence-electron chi connectivity index (χ3n) is 2.55. The normalized spacial score (nSPS) is 28.2. The van der Waals surface area contributed by atoms with Crippen LogP contribution in [0.4, 0.5) is 30.7 Å². The van der Waals surface area contributed by atoms with Gasteiger partial charge in [0.05, 0.1) is 6.61 Å². The van der Waals surface area contributed by atoms with Crippen LogP contribution in [0.15, 0.2) is 0 Å². The van der Waals surface area contributed by atoms with Crippen molar-refractivity contribution in [2.75, 3.05) is 6.61 Å². The third kappa shape index (κ3) is 2.49. The minimum atomic E-state index is -6.33. The van der Waals surface area contributed by atoms with E-state index in [1.54, 1.807) is 0 Å². The first-order valence-corrected chi connectivity index (χ1v) is 4.62. The van der Waals surface area contributed by atoms with Crippen molar-refractivity contribution in [3.8, 4) is 0 Å². The molecule has 0 aliphatic carbocycles. The van der Waals surface area contributed by atoms with Gasteiger partial charge in [0.2, 0.25) is 0 Å². The van der Waals surface area contributed by atoms with Crippen molar-refractivity contribution in [1.29, 1.82) is 0 Å². The summed E-state index contributed by atoms with van der Waals surface area (Å²) in [5.74, 6) is -13.7. The zero-order valence-corrected chi connectivity index (χ0v) is 8.28. The summed E-state index contributed by atoms with van der Waals surface area (Å²) in [5, 5.41) is 8.83. The number of halogens is 7. The summed E-state index contributed by atoms with van der Waals surface area (Å²) in [6, 6.07) is 0. The van der Waals surface area contributed by atoms with E-state index in [9.17, 15) is 30.7 Å². The van der Waals surface area contributed by atoms with Gasteiger partial charge < -0.3 is 9.84 Å². The molecule has 1 heterocycles. The summed E-state index contributed by atoms with van der Waals surface area (Å²) >= 11 is 0. The van der Waals surface area contributed by atoms with E-state index in [4.69, 9.17) is 5.11 Å². The highest BCUT2D eigenvalue weighted by atomic mass is 19.4. The number of alkyl halides is 7. The first kappa shape index (κ1) is 14.5. The van der Waals surface area contributed by atoms with Gasteiger partial charge in [-0.05, 0) is 6.42 Å². The van der Waals surface area contributed by atoms with Gasteiger partial charge in [-0.1, -0.05) is 0 Å². The summed E-state index contributed by atoms with van der Waals surface area (Å²) in [7, 11) is 0. The SMILES string of the molecule is OC1CC(C(F)(F)C(F)(F)C(F)(F)F)CCO1. The van der Waals surface area contributed by atoms with Gasteiger partial charge in [-0.25, -0.2) is 0 Å². The molecule has 2 nitrogen and oxygen atoms in total. The largest absolute Gasteiger partial charge is 0.459 e. The Labute approximate surface area is 91.4 Å². The number of rotatable bonds is 2. The van der Waals surface area contributed by atoms with Crippen molar-refractivity contribution in [2.45, 2.75) is 37.2 Å². The second-order valence-electron chi connectivity index (χ2n) is 3.74. The second-order valence-corrected chi connectivity index (χ2v) is 3.74. The molecule has 1 aliphatic rings. The minimum Gasteiger partial charge on any atom is -0.368 e. The maximum Gasteiger partial charge on any atom is 0.459 e. The van der Waals surface area contributed by atoms with Crippen LogP contribution in [0.1, 0.15) is 12.8 Å². The smallest absolute Gasteiger partial charge is 0.368 e. The van der Waals surface area contributed by atoms with Gasteiger partial charge in [0, 0.05) is 12.3 Å². The lowest BCUT2D eigenvalue weighted by Gasteiger charge is -2.37. The molecule has 0 aromatic carbocycles. The van der Waals surface area contributed by atoms with Crippen LogP contribution in [0, 0.1) is 5.92 Å².